The summed E-state index contributed by atoms with van der Waals surface area (Å²) in [5.41, 5.74) is -1.79. The maximum atomic E-state index is 15.5. The first-order valence-corrected chi connectivity index (χ1v) is 7.80. The number of pyridine rings is 1. The van der Waals surface area contributed by atoms with Gasteiger partial charge >= 0.3 is 0 Å². The zero-order valence-electron chi connectivity index (χ0n) is 11.8. The molecule has 2 rings (SSSR count). The SMILES string of the molecule is C#Cc1c[nH]c(=O)c([C@@]2(F)CC(C)(C)S(=O)C[C@@H]2C)c1. The fraction of sp³-hybridized carbons (Fsp3) is 0.533. The molecule has 1 fully saturated rings. The van der Waals surface area contributed by atoms with Crippen molar-refractivity contribution < 1.29 is 8.60 Å². The van der Waals surface area contributed by atoms with E-state index in [4.69, 9.17) is 6.42 Å². The van der Waals surface area contributed by atoms with Crippen LogP contribution in [0.4, 0.5) is 4.39 Å². The van der Waals surface area contributed by atoms with Crippen molar-refractivity contribution in [1.29, 1.82) is 0 Å². The second kappa shape index (κ2) is 4.85. The summed E-state index contributed by atoms with van der Waals surface area (Å²) in [5, 5.41) is 0. The van der Waals surface area contributed by atoms with Crippen LogP contribution in [0.5, 0.6) is 0 Å². The number of alkyl halides is 1. The lowest BCUT2D eigenvalue weighted by Crippen LogP contribution is -2.50. The van der Waals surface area contributed by atoms with Gasteiger partial charge in [0, 0.05) is 45.4 Å². The first-order valence-electron chi connectivity index (χ1n) is 6.48. The van der Waals surface area contributed by atoms with Crippen molar-refractivity contribution in [3.63, 3.8) is 0 Å². The fourth-order valence-electron chi connectivity index (χ4n) is 2.70. The molecular formula is C15H18FNO2S. The minimum Gasteiger partial charge on any atom is -0.328 e. The normalized spacial score (nSPS) is 32.5. The van der Waals surface area contributed by atoms with Crippen LogP contribution in [0, 0.1) is 18.3 Å². The molecule has 1 aromatic rings. The molecule has 1 aliphatic heterocycles. The molecule has 5 heteroatoms. The number of rotatable bonds is 1. The lowest BCUT2D eigenvalue weighted by Gasteiger charge is -2.43. The summed E-state index contributed by atoms with van der Waals surface area (Å²) in [4.78, 5) is 14.5. The number of H-pyrrole nitrogens is 1. The van der Waals surface area contributed by atoms with E-state index in [1.165, 1.54) is 12.3 Å². The molecule has 108 valence electrons. The molecule has 2 heterocycles. The van der Waals surface area contributed by atoms with Crippen molar-refractivity contribution in [3.05, 3.63) is 33.7 Å². The van der Waals surface area contributed by atoms with E-state index in [9.17, 15) is 9.00 Å². The molecule has 0 aromatic carbocycles. The highest BCUT2D eigenvalue weighted by molar-refractivity contribution is 7.86. The van der Waals surface area contributed by atoms with Crippen LogP contribution in [0.3, 0.4) is 0 Å². The van der Waals surface area contributed by atoms with Crippen LogP contribution in [0.15, 0.2) is 17.1 Å². The van der Waals surface area contributed by atoms with Gasteiger partial charge in [-0.15, -0.1) is 6.42 Å². The number of nitrogens with one attached hydrogen (secondary N) is 1. The minimum absolute atomic E-state index is 0.0465. The summed E-state index contributed by atoms with van der Waals surface area (Å²) in [6.45, 7) is 5.22. The number of halogens is 1. The average molecular weight is 295 g/mol. The van der Waals surface area contributed by atoms with E-state index >= 15 is 4.39 Å². The van der Waals surface area contributed by atoms with Gasteiger partial charge < -0.3 is 4.98 Å². The van der Waals surface area contributed by atoms with E-state index in [0.717, 1.165) is 0 Å². The molecule has 1 saturated heterocycles. The Kier molecular flexibility index (Phi) is 3.64. The van der Waals surface area contributed by atoms with Crippen LogP contribution in [-0.2, 0) is 16.5 Å². The summed E-state index contributed by atoms with van der Waals surface area (Å²) in [5.74, 6) is 2.14. The monoisotopic (exact) mass is 295 g/mol. The minimum atomic E-state index is -1.81. The third-order valence-electron chi connectivity index (χ3n) is 4.00. The second-order valence-electron chi connectivity index (χ2n) is 5.99. The summed E-state index contributed by atoms with van der Waals surface area (Å²) < 4.78 is 26.9. The first kappa shape index (κ1) is 15.0. The van der Waals surface area contributed by atoms with Crippen molar-refractivity contribution in [2.45, 2.75) is 37.6 Å². The summed E-state index contributed by atoms with van der Waals surface area (Å²) >= 11 is 0. The molecule has 3 atom stereocenters. The van der Waals surface area contributed by atoms with Crippen LogP contribution in [-0.4, -0.2) is 19.7 Å². The quantitative estimate of drug-likeness (QED) is 0.807. The predicted octanol–water partition coefficient (Wildman–Crippen LogP) is 2.09. The third kappa shape index (κ3) is 2.33. The Morgan fingerprint density at radius 3 is 2.80 bits per heavy atom. The zero-order valence-corrected chi connectivity index (χ0v) is 12.6. The van der Waals surface area contributed by atoms with Gasteiger partial charge in [0.2, 0.25) is 0 Å². The Hall–Kier alpha value is -1.41. The molecule has 0 aliphatic carbocycles. The van der Waals surface area contributed by atoms with Crippen molar-refractivity contribution in [2.24, 2.45) is 5.92 Å². The number of aromatic amines is 1. The maximum absolute atomic E-state index is 15.5. The van der Waals surface area contributed by atoms with Gasteiger partial charge in [-0.3, -0.25) is 9.00 Å². The van der Waals surface area contributed by atoms with Gasteiger partial charge in [0.1, 0.15) is 5.67 Å². The van der Waals surface area contributed by atoms with E-state index in [1.807, 2.05) is 0 Å². The number of hydrogen-bond acceptors (Lipinski definition) is 2. The molecule has 0 saturated carbocycles. The highest BCUT2D eigenvalue weighted by Gasteiger charge is 2.51. The third-order valence-corrected chi connectivity index (χ3v) is 6.18. The van der Waals surface area contributed by atoms with Crippen LogP contribution in [0.25, 0.3) is 0 Å². The number of hydrogen-bond donors (Lipinski definition) is 1. The number of terminal acetylenes is 1. The fourth-order valence-corrected chi connectivity index (χ4v) is 4.24. The van der Waals surface area contributed by atoms with Crippen LogP contribution in [0.2, 0.25) is 0 Å². The number of aromatic nitrogens is 1. The van der Waals surface area contributed by atoms with Crippen LogP contribution < -0.4 is 5.56 Å². The van der Waals surface area contributed by atoms with Crippen molar-refractivity contribution in [2.75, 3.05) is 5.75 Å². The Bertz CT molecular complexity index is 659. The van der Waals surface area contributed by atoms with Crippen molar-refractivity contribution in [3.8, 4) is 12.3 Å². The molecule has 0 spiro atoms. The predicted molar refractivity (Wildman–Crippen MR) is 78.7 cm³/mol. The highest BCUT2D eigenvalue weighted by atomic mass is 32.2. The molecule has 1 unspecified atom stereocenters. The molecule has 3 nitrogen and oxygen atoms in total. The van der Waals surface area contributed by atoms with E-state index in [-0.39, 0.29) is 17.7 Å². The van der Waals surface area contributed by atoms with Gasteiger partial charge in [0.05, 0.1) is 5.56 Å². The topological polar surface area (TPSA) is 49.9 Å². The van der Waals surface area contributed by atoms with Gasteiger partial charge in [0.15, 0.2) is 0 Å². The standard InChI is InChI=1S/C15H18FNO2S/c1-5-11-6-12(13(18)17-7-11)15(16)9-14(3,4)20(19)8-10(15)2/h1,6-7,10H,8-9H2,2-4H3,(H,17,18)/t10-,15+,20?/m0/s1. The highest BCUT2D eigenvalue weighted by Crippen LogP contribution is 2.46. The van der Waals surface area contributed by atoms with Gasteiger partial charge in [0.25, 0.3) is 5.56 Å². The van der Waals surface area contributed by atoms with E-state index in [1.54, 1.807) is 20.8 Å². The van der Waals surface area contributed by atoms with Crippen LogP contribution >= 0.6 is 0 Å². The molecular weight excluding hydrogens is 277 g/mol. The maximum Gasteiger partial charge on any atom is 0.254 e. The lowest BCUT2D eigenvalue weighted by molar-refractivity contribution is 0.0685. The Balaban J connectivity index is 2.58. The lowest BCUT2D eigenvalue weighted by atomic mass is 9.78. The Labute approximate surface area is 120 Å². The van der Waals surface area contributed by atoms with Crippen molar-refractivity contribution in [1.82, 2.24) is 4.98 Å². The largest absolute Gasteiger partial charge is 0.328 e. The average Bonchev–Trinajstić information content (AvgIpc) is 2.37. The van der Waals surface area contributed by atoms with Gasteiger partial charge in [-0.2, -0.15) is 0 Å². The van der Waals surface area contributed by atoms with Crippen molar-refractivity contribution >= 4 is 10.8 Å². The molecule has 0 radical (unpaired) electrons. The van der Waals surface area contributed by atoms with Gasteiger partial charge in [-0.25, -0.2) is 4.39 Å². The zero-order chi connectivity index (χ0) is 15.1. The summed E-state index contributed by atoms with van der Waals surface area (Å²) in [7, 11) is -1.11. The second-order valence-corrected chi connectivity index (χ2v) is 8.12. The van der Waals surface area contributed by atoms with Gasteiger partial charge in [-0.1, -0.05) is 12.8 Å². The molecule has 1 aliphatic rings. The van der Waals surface area contributed by atoms with E-state index < -0.39 is 32.7 Å². The molecule has 20 heavy (non-hydrogen) atoms. The molecule has 1 aromatic heterocycles. The molecule has 1 N–H and O–H groups in total. The first-order chi connectivity index (χ1) is 9.20. The Morgan fingerprint density at radius 1 is 1.55 bits per heavy atom. The van der Waals surface area contributed by atoms with Crippen LogP contribution in [0.1, 0.15) is 38.3 Å². The molecule has 0 amide bonds. The van der Waals surface area contributed by atoms with E-state index in [2.05, 4.69) is 10.9 Å². The van der Waals surface area contributed by atoms with E-state index in [0.29, 0.717) is 5.56 Å². The summed E-state index contributed by atoms with van der Waals surface area (Å²) in [6, 6.07) is 1.43. The van der Waals surface area contributed by atoms with Gasteiger partial charge in [-0.05, 0) is 19.9 Å². The Morgan fingerprint density at radius 2 is 2.20 bits per heavy atom. The smallest absolute Gasteiger partial charge is 0.254 e. The summed E-state index contributed by atoms with van der Waals surface area (Å²) in [6.07, 6.45) is 6.75. The molecule has 0 bridgehead atoms.